The zero-order valence-corrected chi connectivity index (χ0v) is 20.2. The number of hydrogen-bond donors (Lipinski definition) is 2. The van der Waals surface area contributed by atoms with Gasteiger partial charge in [-0.1, -0.05) is 58.9 Å². The quantitative estimate of drug-likeness (QED) is 0.483. The van der Waals surface area contributed by atoms with Crippen LogP contribution in [0.25, 0.3) is 0 Å². The Labute approximate surface area is 199 Å². The van der Waals surface area contributed by atoms with Gasteiger partial charge < -0.3 is 4.74 Å². The van der Waals surface area contributed by atoms with Crippen molar-refractivity contribution in [3.8, 4) is 5.75 Å². The maximum atomic E-state index is 12.3. The third-order valence-electron chi connectivity index (χ3n) is 5.50. The van der Waals surface area contributed by atoms with Crippen LogP contribution in [0.2, 0.25) is 0 Å². The highest BCUT2D eigenvalue weighted by molar-refractivity contribution is 6.22. The molecule has 34 heavy (non-hydrogen) atoms. The van der Waals surface area contributed by atoms with Crippen molar-refractivity contribution in [1.29, 1.82) is 0 Å². The van der Waals surface area contributed by atoms with Crippen LogP contribution in [0.15, 0.2) is 48.5 Å². The Hall–Kier alpha value is -3.68. The first kappa shape index (κ1) is 25.0. The number of imide groups is 1. The maximum Gasteiger partial charge on any atom is 0.276 e. The lowest BCUT2D eigenvalue weighted by Gasteiger charge is -2.33. The third-order valence-corrected chi connectivity index (χ3v) is 5.50. The molecule has 0 aromatic heterocycles. The molecule has 0 aliphatic carbocycles. The molecule has 0 unspecified atom stereocenters. The summed E-state index contributed by atoms with van der Waals surface area (Å²) in [6.07, 6.45) is 1.02. The Bertz CT molecular complexity index is 1070. The van der Waals surface area contributed by atoms with Gasteiger partial charge in [0.2, 0.25) is 0 Å². The molecule has 1 aliphatic heterocycles. The van der Waals surface area contributed by atoms with E-state index in [1.165, 1.54) is 17.7 Å². The Balaban J connectivity index is 1.45. The molecule has 2 aromatic rings. The third kappa shape index (κ3) is 6.01. The van der Waals surface area contributed by atoms with Gasteiger partial charge in [0.1, 0.15) is 12.3 Å². The number of ether oxygens (including phenoxy) is 1. The molecule has 1 heterocycles. The van der Waals surface area contributed by atoms with Crippen LogP contribution in [-0.2, 0) is 15.0 Å². The minimum absolute atomic E-state index is 0.00207. The van der Waals surface area contributed by atoms with E-state index in [2.05, 4.69) is 45.5 Å². The monoisotopic (exact) mass is 465 g/mol. The van der Waals surface area contributed by atoms with E-state index in [4.69, 9.17) is 4.74 Å². The Kier molecular flexibility index (Phi) is 7.09. The van der Waals surface area contributed by atoms with Gasteiger partial charge in [0.25, 0.3) is 23.6 Å². The van der Waals surface area contributed by atoms with Crippen LogP contribution in [-0.4, -0.2) is 41.7 Å². The smallest absolute Gasteiger partial charge is 0.276 e. The van der Waals surface area contributed by atoms with Crippen LogP contribution in [0, 0.1) is 5.41 Å². The van der Waals surface area contributed by atoms with Gasteiger partial charge in [-0.25, -0.2) is 0 Å². The Morgan fingerprint density at radius 3 is 1.88 bits per heavy atom. The molecular formula is C26H31N3O5. The number of benzene rings is 2. The molecule has 0 saturated heterocycles. The molecule has 0 spiro atoms. The van der Waals surface area contributed by atoms with Gasteiger partial charge >= 0.3 is 0 Å². The normalized spacial score (nSPS) is 13.5. The number of nitrogens with one attached hydrogen (secondary N) is 2. The zero-order valence-electron chi connectivity index (χ0n) is 20.2. The first-order valence-electron chi connectivity index (χ1n) is 11.1. The second-order valence-corrected chi connectivity index (χ2v) is 10.3. The van der Waals surface area contributed by atoms with E-state index < -0.39 is 30.2 Å². The summed E-state index contributed by atoms with van der Waals surface area (Å²) in [5.41, 5.74) is 6.31. The predicted octanol–water partition coefficient (Wildman–Crippen LogP) is 3.22. The summed E-state index contributed by atoms with van der Waals surface area (Å²) >= 11 is 0. The van der Waals surface area contributed by atoms with Crippen LogP contribution in [0.4, 0.5) is 0 Å². The van der Waals surface area contributed by atoms with Crippen molar-refractivity contribution in [2.75, 3.05) is 13.2 Å². The zero-order chi connectivity index (χ0) is 25.1. The van der Waals surface area contributed by atoms with Crippen LogP contribution in [0.3, 0.4) is 0 Å². The summed E-state index contributed by atoms with van der Waals surface area (Å²) in [5.74, 6) is -1.83. The molecule has 1 aliphatic rings. The van der Waals surface area contributed by atoms with Crippen molar-refractivity contribution in [3.63, 3.8) is 0 Å². The molecule has 8 nitrogen and oxygen atoms in total. The van der Waals surface area contributed by atoms with Gasteiger partial charge in [-0.15, -0.1) is 0 Å². The van der Waals surface area contributed by atoms with E-state index in [1.807, 2.05) is 24.3 Å². The van der Waals surface area contributed by atoms with Crippen molar-refractivity contribution in [3.05, 3.63) is 65.2 Å². The summed E-state index contributed by atoms with van der Waals surface area (Å²) in [6.45, 7) is 10.2. The second kappa shape index (κ2) is 9.67. The number of hydrogen-bond acceptors (Lipinski definition) is 5. The Morgan fingerprint density at radius 2 is 1.35 bits per heavy atom. The molecule has 8 heteroatoms. The largest absolute Gasteiger partial charge is 0.484 e. The summed E-state index contributed by atoms with van der Waals surface area (Å²) in [4.78, 5) is 49.6. The maximum absolute atomic E-state index is 12.3. The van der Waals surface area contributed by atoms with Crippen LogP contribution in [0.1, 0.15) is 67.3 Å². The highest BCUT2D eigenvalue weighted by Crippen LogP contribution is 2.36. The van der Waals surface area contributed by atoms with Crippen molar-refractivity contribution >= 4 is 23.6 Å². The number of nitrogens with zero attached hydrogens (tertiary/aromatic N) is 1. The van der Waals surface area contributed by atoms with Crippen molar-refractivity contribution in [2.45, 2.75) is 46.5 Å². The van der Waals surface area contributed by atoms with Crippen molar-refractivity contribution in [1.82, 2.24) is 15.8 Å². The second-order valence-electron chi connectivity index (χ2n) is 10.3. The van der Waals surface area contributed by atoms with Gasteiger partial charge in [0, 0.05) is 0 Å². The SMILES string of the molecule is CC(C)(C)CC(C)(C)c1ccc(OCC(=O)NNC(=O)CN2C(=O)c3ccccc3C2=O)cc1. The lowest BCUT2D eigenvalue weighted by molar-refractivity contribution is -0.130. The van der Waals surface area contributed by atoms with E-state index in [0.29, 0.717) is 5.75 Å². The van der Waals surface area contributed by atoms with Gasteiger partial charge in [0.05, 0.1) is 11.1 Å². The number of hydrazine groups is 1. The summed E-state index contributed by atoms with van der Waals surface area (Å²) in [5, 5.41) is 0. The lowest BCUT2D eigenvalue weighted by atomic mass is 9.72. The van der Waals surface area contributed by atoms with Crippen LogP contribution < -0.4 is 15.6 Å². The van der Waals surface area contributed by atoms with Crippen LogP contribution >= 0.6 is 0 Å². The number of carbonyl (C=O) groups is 4. The first-order valence-corrected chi connectivity index (χ1v) is 11.1. The van der Waals surface area contributed by atoms with Gasteiger partial charge in [-0.05, 0) is 47.1 Å². The Morgan fingerprint density at radius 1 is 0.824 bits per heavy atom. The highest BCUT2D eigenvalue weighted by Gasteiger charge is 2.36. The molecular weight excluding hydrogens is 434 g/mol. The summed E-state index contributed by atoms with van der Waals surface area (Å²) in [7, 11) is 0. The molecule has 0 radical (unpaired) electrons. The van der Waals surface area contributed by atoms with Gasteiger partial charge in [-0.2, -0.15) is 0 Å². The molecule has 0 bridgehead atoms. The van der Waals surface area contributed by atoms with E-state index >= 15 is 0 Å². The molecule has 180 valence electrons. The fraction of sp³-hybridized carbons (Fsp3) is 0.385. The fourth-order valence-corrected chi connectivity index (χ4v) is 4.32. The minimum atomic E-state index is -0.701. The molecule has 0 saturated carbocycles. The summed E-state index contributed by atoms with van der Waals surface area (Å²) in [6, 6.07) is 14.0. The standard InChI is InChI=1S/C26H31N3O5/c1-25(2,3)16-26(4,5)17-10-12-18(13-11-17)34-15-22(31)28-27-21(30)14-29-23(32)19-8-6-7-9-20(19)24(29)33/h6-13H,14-16H2,1-5H3,(H,27,30)(H,28,31). The number of carbonyl (C=O) groups excluding carboxylic acids is 4. The van der Waals surface area contributed by atoms with E-state index in [1.54, 1.807) is 12.1 Å². The van der Waals surface area contributed by atoms with Crippen molar-refractivity contribution < 1.29 is 23.9 Å². The van der Waals surface area contributed by atoms with Crippen molar-refractivity contribution in [2.24, 2.45) is 5.41 Å². The van der Waals surface area contributed by atoms with Crippen LogP contribution in [0.5, 0.6) is 5.75 Å². The van der Waals surface area contributed by atoms with Gasteiger partial charge in [0.15, 0.2) is 6.61 Å². The highest BCUT2D eigenvalue weighted by atomic mass is 16.5. The first-order chi connectivity index (χ1) is 15.9. The number of rotatable bonds is 7. The molecule has 4 amide bonds. The molecule has 3 rings (SSSR count). The average Bonchev–Trinajstić information content (AvgIpc) is 3.00. The molecule has 0 atom stereocenters. The molecule has 0 fully saturated rings. The average molecular weight is 466 g/mol. The number of fused-ring (bicyclic) bond motifs is 1. The van der Waals surface area contributed by atoms with Gasteiger partial charge in [-0.3, -0.25) is 34.9 Å². The fourth-order valence-electron chi connectivity index (χ4n) is 4.32. The van der Waals surface area contributed by atoms with E-state index in [0.717, 1.165) is 11.3 Å². The lowest BCUT2D eigenvalue weighted by Crippen LogP contribution is -2.48. The number of amides is 4. The molecule has 2 N–H and O–H groups in total. The summed E-state index contributed by atoms with van der Waals surface area (Å²) < 4.78 is 5.50. The molecule has 2 aromatic carbocycles. The topological polar surface area (TPSA) is 105 Å². The minimum Gasteiger partial charge on any atom is -0.484 e. The van der Waals surface area contributed by atoms with E-state index in [9.17, 15) is 19.2 Å². The van der Waals surface area contributed by atoms with E-state index in [-0.39, 0.29) is 28.6 Å². The predicted molar refractivity (Wildman–Crippen MR) is 127 cm³/mol.